The molecule has 0 atom stereocenters. The van der Waals surface area contributed by atoms with Gasteiger partial charge in [-0.15, -0.1) is 0 Å². The van der Waals surface area contributed by atoms with Crippen molar-refractivity contribution in [2.75, 3.05) is 36.8 Å². The van der Waals surface area contributed by atoms with E-state index in [1.165, 1.54) is 4.57 Å². The molecule has 0 aliphatic rings. The summed E-state index contributed by atoms with van der Waals surface area (Å²) in [6.45, 7) is 9.52. The van der Waals surface area contributed by atoms with E-state index in [2.05, 4.69) is 39.7 Å². The predicted molar refractivity (Wildman–Crippen MR) is 149 cm³/mol. The van der Waals surface area contributed by atoms with E-state index in [-0.39, 0.29) is 11.5 Å². The largest absolute Gasteiger partial charge is 0.351 e. The highest BCUT2D eigenvalue weighted by Gasteiger charge is 2.13. The zero-order chi connectivity index (χ0) is 26.4. The molecule has 4 rings (SSSR count). The number of carbonyl (C=O) groups excluding carboxylic acids is 1. The average Bonchev–Trinajstić information content (AvgIpc) is 2.89. The Morgan fingerprint density at radius 1 is 1.00 bits per heavy atom. The Morgan fingerprint density at radius 2 is 1.76 bits per heavy atom. The third kappa shape index (κ3) is 6.31. The molecule has 4 aromatic rings. The maximum Gasteiger partial charge on any atom is 0.261 e. The van der Waals surface area contributed by atoms with E-state index < -0.39 is 0 Å². The lowest BCUT2D eigenvalue weighted by molar-refractivity contribution is 0.0949. The van der Waals surface area contributed by atoms with Gasteiger partial charge in [-0.2, -0.15) is 0 Å². The molecule has 192 valence electrons. The number of fused-ring (bicyclic) bond motifs is 1. The van der Waals surface area contributed by atoms with Crippen LogP contribution in [-0.2, 0) is 7.05 Å². The average molecular weight is 500 g/mol. The van der Waals surface area contributed by atoms with Gasteiger partial charge >= 0.3 is 0 Å². The van der Waals surface area contributed by atoms with E-state index in [1.54, 1.807) is 31.6 Å². The summed E-state index contributed by atoms with van der Waals surface area (Å²) < 4.78 is 1.52. The first-order valence-corrected chi connectivity index (χ1v) is 12.5. The Balaban J connectivity index is 1.57. The molecule has 3 aromatic heterocycles. The first-order chi connectivity index (χ1) is 17.9. The number of hydrogen-bond acceptors (Lipinski definition) is 7. The Morgan fingerprint density at radius 3 is 2.46 bits per heavy atom. The van der Waals surface area contributed by atoms with Crippen LogP contribution in [-0.4, -0.2) is 51.5 Å². The molecule has 0 fully saturated rings. The topological polar surface area (TPSA) is 104 Å². The molecule has 0 saturated carbocycles. The van der Waals surface area contributed by atoms with E-state index >= 15 is 0 Å². The third-order valence-corrected chi connectivity index (χ3v) is 6.25. The minimum absolute atomic E-state index is 0.118. The minimum Gasteiger partial charge on any atom is -0.351 e. The monoisotopic (exact) mass is 499 g/mol. The van der Waals surface area contributed by atoms with E-state index in [0.29, 0.717) is 40.6 Å². The summed E-state index contributed by atoms with van der Waals surface area (Å²) in [6.07, 6.45) is 3.46. The van der Waals surface area contributed by atoms with E-state index in [4.69, 9.17) is 4.98 Å². The van der Waals surface area contributed by atoms with Crippen molar-refractivity contribution < 1.29 is 4.79 Å². The van der Waals surface area contributed by atoms with Crippen molar-refractivity contribution in [2.24, 2.45) is 7.05 Å². The first kappa shape index (κ1) is 25.8. The van der Waals surface area contributed by atoms with Gasteiger partial charge in [-0.1, -0.05) is 13.8 Å². The van der Waals surface area contributed by atoms with Gasteiger partial charge in [-0.25, -0.2) is 9.97 Å². The lowest BCUT2D eigenvalue weighted by Gasteiger charge is -2.18. The predicted octanol–water partition coefficient (Wildman–Crippen LogP) is 4.20. The minimum atomic E-state index is -0.156. The van der Waals surface area contributed by atoms with Gasteiger partial charge in [0.05, 0.1) is 5.39 Å². The van der Waals surface area contributed by atoms with Gasteiger partial charge in [0, 0.05) is 43.8 Å². The SMILES string of the molecule is CCN(CC)CCNC(=O)c1ccc(Nc2nc(Nc3cc(C)ccn3)cc3ccn(C)c(=O)c23)cc1. The number of aryl methyl sites for hydroxylation is 2. The maximum absolute atomic E-state index is 13.0. The van der Waals surface area contributed by atoms with Crippen LogP contribution in [0.2, 0.25) is 0 Å². The van der Waals surface area contributed by atoms with Crippen molar-refractivity contribution in [1.29, 1.82) is 0 Å². The molecule has 1 aromatic carbocycles. The van der Waals surface area contributed by atoms with Gasteiger partial charge in [-0.3, -0.25) is 9.59 Å². The first-order valence-electron chi connectivity index (χ1n) is 12.5. The summed E-state index contributed by atoms with van der Waals surface area (Å²) >= 11 is 0. The van der Waals surface area contributed by atoms with Gasteiger partial charge in [0.15, 0.2) is 0 Å². The maximum atomic E-state index is 13.0. The van der Waals surface area contributed by atoms with Crippen LogP contribution in [0.25, 0.3) is 10.8 Å². The number of pyridine rings is 3. The lowest BCUT2D eigenvalue weighted by atomic mass is 10.1. The van der Waals surface area contributed by atoms with Crippen LogP contribution in [0.4, 0.5) is 23.1 Å². The Labute approximate surface area is 216 Å². The van der Waals surface area contributed by atoms with Gasteiger partial charge in [-0.05, 0) is 79.5 Å². The van der Waals surface area contributed by atoms with Gasteiger partial charge < -0.3 is 25.4 Å². The van der Waals surface area contributed by atoms with Crippen LogP contribution in [0.3, 0.4) is 0 Å². The Bertz CT molecular complexity index is 1440. The smallest absolute Gasteiger partial charge is 0.261 e. The molecular formula is C28H33N7O2. The van der Waals surface area contributed by atoms with Gasteiger partial charge in [0.2, 0.25) is 0 Å². The standard InChI is InChI=1S/C28H33N7O2/c1-5-35(6-2)16-14-30-27(36)20-7-9-22(10-8-20)31-26-25-21(12-15-34(4)28(25)37)18-24(33-26)32-23-17-19(3)11-13-29-23/h7-13,15,17-18H,5-6,14,16H2,1-4H3,(H,30,36)(H2,29,31,32,33). The molecule has 9 heteroatoms. The van der Waals surface area contributed by atoms with Crippen LogP contribution in [0.5, 0.6) is 0 Å². The second-order valence-corrected chi connectivity index (χ2v) is 8.88. The van der Waals surface area contributed by atoms with Crippen LogP contribution in [0.15, 0.2) is 65.7 Å². The summed E-state index contributed by atoms with van der Waals surface area (Å²) in [7, 11) is 1.71. The summed E-state index contributed by atoms with van der Waals surface area (Å²) in [5, 5.41) is 10.7. The van der Waals surface area contributed by atoms with Crippen molar-refractivity contribution in [1.82, 2.24) is 24.8 Å². The highest BCUT2D eigenvalue weighted by molar-refractivity contribution is 5.96. The number of amides is 1. The highest BCUT2D eigenvalue weighted by atomic mass is 16.1. The fourth-order valence-electron chi connectivity index (χ4n) is 4.06. The Hall–Kier alpha value is -4.24. The third-order valence-electron chi connectivity index (χ3n) is 6.25. The van der Waals surface area contributed by atoms with Crippen molar-refractivity contribution in [3.8, 4) is 0 Å². The molecule has 0 unspecified atom stereocenters. The number of nitrogens with one attached hydrogen (secondary N) is 3. The number of hydrogen-bond donors (Lipinski definition) is 3. The second kappa shape index (κ2) is 11.7. The van der Waals surface area contributed by atoms with Gasteiger partial charge in [0.25, 0.3) is 11.5 Å². The molecule has 0 aliphatic heterocycles. The molecule has 0 radical (unpaired) electrons. The number of anilines is 4. The van der Waals surface area contributed by atoms with E-state index in [1.807, 2.05) is 43.3 Å². The molecule has 3 heterocycles. The van der Waals surface area contributed by atoms with Crippen LogP contribution in [0, 0.1) is 6.92 Å². The summed E-state index contributed by atoms with van der Waals surface area (Å²) in [4.78, 5) is 36.8. The quantitative estimate of drug-likeness (QED) is 0.300. The number of likely N-dealkylation sites (N-methyl/N-ethyl adjacent to an activating group) is 1. The lowest BCUT2D eigenvalue weighted by Crippen LogP contribution is -2.34. The number of aromatic nitrogens is 3. The zero-order valence-electron chi connectivity index (χ0n) is 21.7. The fraction of sp³-hybridized carbons (Fsp3) is 0.286. The molecule has 0 saturated heterocycles. The number of benzene rings is 1. The van der Waals surface area contributed by atoms with Crippen molar-refractivity contribution >= 4 is 39.8 Å². The molecule has 3 N–H and O–H groups in total. The van der Waals surface area contributed by atoms with Gasteiger partial charge in [0.1, 0.15) is 17.5 Å². The highest BCUT2D eigenvalue weighted by Crippen LogP contribution is 2.26. The number of nitrogens with zero attached hydrogens (tertiary/aromatic N) is 4. The summed E-state index contributed by atoms with van der Waals surface area (Å²) in [5.41, 5.74) is 2.20. The molecule has 9 nitrogen and oxygen atoms in total. The normalized spacial score (nSPS) is 11.1. The second-order valence-electron chi connectivity index (χ2n) is 8.88. The van der Waals surface area contributed by atoms with Crippen molar-refractivity contribution in [2.45, 2.75) is 20.8 Å². The molecule has 0 aliphatic carbocycles. The van der Waals surface area contributed by atoms with Crippen molar-refractivity contribution in [3.63, 3.8) is 0 Å². The van der Waals surface area contributed by atoms with Crippen LogP contribution < -0.4 is 21.5 Å². The molecule has 1 amide bonds. The van der Waals surface area contributed by atoms with E-state index in [9.17, 15) is 9.59 Å². The summed E-state index contributed by atoms with van der Waals surface area (Å²) in [5.74, 6) is 1.53. The van der Waals surface area contributed by atoms with Crippen LogP contribution in [0.1, 0.15) is 29.8 Å². The number of rotatable bonds is 10. The molecular weight excluding hydrogens is 466 g/mol. The zero-order valence-corrected chi connectivity index (χ0v) is 21.7. The number of carbonyl (C=O) groups is 1. The van der Waals surface area contributed by atoms with E-state index in [0.717, 1.165) is 30.6 Å². The fourth-order valence-corrected chi connectivity index (χ4v) is 4.06. The summed E-state index contributed by atoms with van der Waals surface area (Å²) in [6, 6.07) is 14.7. The molecule has 0 bridgehead atoms. The Kier molecular flexibility index (Phi) is 8.15. The van der Waals surface area contributed by atoms with Crippen LogP contribution >= 0.6 is 0 Å². The molecule has 37 heavy (non-hydrogen) atoms. The van der Waals surface area contributed by atoms with Crippen molar-refractivity contribution in [3.05, 3.63) is 82.4 Å². The molecule has 0 spiro atoms.